The van der Waals surface area contributed by atoms with Gasteiger partial charge < -0.3 is 10.4 Å². The second-order valence-corrected chi connectivity index (χ2v) is 5.12. The van der Waals surface area contributed by atoms with Gasteiger partial charge in [0, 0.05) is 24.1 Å². The van der Waals surface area contributed by atoms with Crippen LogP contribution in [0, 0.1) is 15.5 Å². The normalized spacial score (nSPS) is 15.6. The monoisotopic (exact) mass is 288 g/mol. The topological polar surface area (TPSA) is 118 Å². The van der Waals surface area contributed by atoms with Crippen LogP contribution in [0.3, 0.4) is 0 Å². The Hall–Kier alpha value is -2.77. The van der Waals surface area contributed by atoms with Crippen molar-refractivity contribution in [2.24, 2.45) is 5.41 Å². The SMILES string of the molecule is O=C(O)C1(CNc2ncnc3ccc([N+](=O)[O-])cc23)CC1. The van der Waals surface area contributed by atoms with Crippen molar-refractivity contribution >= 4 is 28.4 Å². The summed E-state index contributed by atoms with van der Waals surface area (Å²) in [5.74, 6) is -0.421. The molecule has 0 radical (unpaired) electrons. The number of carboxylic acids is 1. The average Bonchev–Trinajstić information content (AvgIpc) is 3.25. The third-order valence-corrected chi connectivity index (χ3v) is 3.73. The van der Waals surface area contributed by atoms with Crippen LogP contribution in [-0.4, -0.2) is 32.5 Å². The molecule has 2 aromatic rings. The summed E-state index contributed by atoms with van der Waals surface area (Å²) in [5, 5.41) is 23.5. The Bertz CT molecular complexity index is 742. The highest BCUT2D eigenvalue weighted by Gasteiger charge is 2.50. The van der Waals surface area contributed by atoms with Crippen molar-refractivity contribution in [3.63, 3.8) is 0 Å². The highest BCUT2D eigenvalue weighted by Crippen LogP contribution is 2.45. The molecule has 1 aromatic heterocycles. The number of nitrogens with one attached hydrogen (secondary N) is 1. The molecule has 1 aromatic carbocycles. The van der Waals surface area contributed by atoms with Gasteiger partial charge in [-0.05, 0) is 18.9 Å². The number of carboxylic acid groups (broad SMARTS) is 1. The molecule has 108 valence electrons. The molecule has 8 nitrogen and oxygen atoms in total. The van der Waals surface area contributed by atoms with Gasteiger partial charge in [0.1, 0.15) is 12.1 Å². The molecule has 0 bridgehead atoms. The number of aliphatic carboxylic acids is 1. The maximum absolute atomic E-state index is 11.1. The first-order valence-corrected chi connectivity index (χ1v) is 6.38. The summed E-state index contributed by atoms with van der Waals surface area (Å²) in [6.45, 7) is 0.247. The lowest BCUT2D eigenvalue weighted by Gasteiger charge is -2.12. The van der Waals surface area contributed by atoms with Gasteiger partial charge in [0.25, 0.3) is 5.69 Å². The lowest BCUT2D eigenvalue weighted by Crippen LogP contribution is -2.24. The third kappa shape index (κ3) is 2.35. The zero-order valence-electron chi connectivity index (χ0n) is 10.9. The van der Waals surface area contributed by atoms with Gasteiger partial charge >= 0.3 is 5.97 Å². The second kappa shape index (κ2) is 4.65. The first-order valence-electron chi connectivity index (χ1n) is 6.38. The number of rotatable bonds is 5. The smallest absolute Gasteiger partial charge is 0.311 e. The van der Waals surface area contributed by atoms with Gasteiger partial charge in [0.05, 0.1) is 15.9 Å². The molecule has 3 rings (SSSR count). The first kappa shape index (κ1) is 13.2. The molecule has 0 saturated heterocycles. The van der Waals surface area contributed by atoms with Crippen LogP contribution in [0.25, 0.3) is 10.9 Å². The van der Waals surface area contributed by atoms with E-state index in [1.165, 1.54) is 18.5 Å². The fourth-order valence-corrected chi connectivity index (χ4v) is 2.17. The van der Waals surface area contributed by atoms with E-state index in [0.29, 0.717) is 29.6 Å². The van der Waals surface area contributed by atoms with E-state index in [4.69, 9.17) is 5.11 Å². The Balaban J connectivity index is 1.92. The Morgan fingerprint density at radius 3 is 2.81 bits per heavy atom. The summed E-state index contributed by atoms with van der Waals surface area (Å²) in [4.78, 5) is 29.6. The van der Waals surface area contributed by atoms with Crippen LogP contribution < -0.4 is 5.32 Å². The molecular formula is C13H12N4O4. The Morgan fingerprint density at radius 2 is 2.19 bits per heavy atom. The largest absolute Gasteiger partial charge is 0.481 e. The predicted octanol–water partition coefficient (Wildman–Crippen LogP) is 1.81. The Morgan fingerprint density at radius 1 is 1.43 bits per heavy atom. The maximum Gasteiger partial charge on any atom is 0.311 e. The summed E-state index contributed by atoms with van der Waals surface area (Å²) < 4.78 is 0. The number of non-ortho nitro benzene ring substituents is 1. The van der Waals surface area contributed by atoms with Crippen LogP contribution in [0.4, 0.5) is 11.5 Å². The molecule has 1 heterocycles. The fraction of sp³-hybridized carbons (Fsp3) is 0.308. The molecule has 0 unspecified atom stereocenters. The third-order valence-electron chi connectivity index (χ3n) is 3.73. The highest BCUT2D eigenvalue weighted by atomic mass is 16.6. The average molecular weight is 288 g/mol. The van der Waals surface area contributed by atoms with Gasteiger partial charge in [-0.25, -0.2) is 9.97 Å². The molecule has 2 N–H and O–H groups in total. The van der Waals surface area contributed by atoms with Crippen molar-refractivity contribution in [3.8, 4) is 0 Å². The number of nitro groups is 1. The van der Waals surface area contributed by atoms with Gasteiger partial charge in [0.15, 0.2) is 0 Å². The number of fused-ring (bicyclic) bond motifs is 1. The van der Waals surface area contributed by atoms with E-state index >= 15 is 0 Å². The van der Waals surface area contributed by atoms with E-state index in [-0.39, 0.29) is 12.2 Å². The van der Waals surface area contributed by atoms with E-state index in [1.54, 1.807) is 6.07 Å². The number of anilines is 1. The standard InChI is InChI=1S/C13H12N4O4/c18-12(19)13(3-4-13)6-14-11-9-5-8(17(20)21)1-2-10(9)15-7-16-11/h1-2,5,7H,3-4,6H2,(H,18,19)(H,14,15,16). The lowest BCUT2D eigenvalue weighted by molar-refractivity contribution is -0.384. The summed E-state index contributed by atoms with van der Waals surface area (Å²) in [6, 6.07) is 4.31. The van der Waals surface area contributed by atoms with Crippen LogP contribution in [0.1, 0.15) is 12.8 Å². The van der Waals surface area contributed by atoms with Crippen molar-refractivity contribution in [1.82, 2.24) is 9.97 Å². The predicted molar refractivity (Wildman–Crippen MR) is 74.0 cm³/mol. The van der Waals surface area contributed by atoms with Crippen molar-refractivity contribution in [1.29, 1.82) is 0 Å². The molecule has 1 fully saturated rings. The van der Waals surface area contributed by atoms with E-state index in [9.17, 15) is 14.9 Å². The summed E-state index contributed by atoms with van der Waals surface area (Å²) in [5.41, 5.74) is -0.226. The first-order chi connectivity index (χ1) is 10.0. The van der Waals surface area contributed by atoms with Crippen LogP contribution in [0.2, 0.25) is 0 Å². The van der Waals surface area contributed by atoms with Crippen LogP contribution in [0.5, 0.6) is 0 Å². The highest BCUT2D eigenvalue weighted by molar-refractivity contribution is 5.90. The molecule has 0 amide bonds. The molecule has 0 aliphatic heterocycles. The van der Waals surface area contributed by atoms with Crippen molar-refractivity contribution in [3.05, 3.63) is 34.6 Å². The number of carbonyl (C=O) groups is 1. The Kier molecular flexibility index (Phi) is 2.93. The number of hydrogen-bond donors (Lipinski definition) is 2. The molecule has 1 aliphatic carbocycles. The number of nitrogens with zero attached hydrogens (tertiary/aromatic N) is 3. The van der Waals surface area contributed by atoms with Gasteiger partial charge in [0.2, 0.25) is 0 Å². The number of nitro benzene ring substituents is 1. The van der Waals surface area contributed by atoms with Gasteiger partial charge in [-0.15, -0.1) is 0 Å². The molecule has 0 spiro atoms. The van der Waals surface area contributed by atoms with Crippen LogP contribution in [0.15, 0.2) is 24.5 Å². The molecule has 1 aliphatic rings. The van der Waals surface area contributed by atoms with Crippen molar-refractivity contribution in [2.45, 2.75) is 12.8 Å². The number of benzene rings is 1. The zero-order chi connectivity index (χ0) is 15.0. The van der Waals surface area contributed by atoms with E-state index in [2.05, 4.69) is 15.3 Å². The maximum atomic E-state index is 11.1. The summed E-state index contributed by atoms with van der Waals surface area (Å²) in [7, 11) is 0. The minimum atomic E-state index is -0.834. The van der Waals surface area contributed by atoms with E-state index < -0.39 is 16.3 Å². The molecular weight excluding hydrogens is 276 g/mol. The molecule has 21 heavy (non-hydrogen) atoms. The second-order valence-electron chi connectivity index (χ2n) is 5.12. The van der Waals surface area contributed by atoms with Gasteiger partial charge in [-0.3, -0.25) is 14.9 Å². The number of hydrogen-bond acceptors (Lipinski definition) is 6. The Labute approximate surface area is 119 Å². The van der Waals surface area contributed by atoms with Crippen LogP contribution >= 0.6 is 0 Å². The summed E-state index contributed by atoms with van der Waals surface area (Å²) >= 11 is 0. The van der Waals surface area contributed by atoms with Crippen molar-refractivity contribution < 1.29 is 14.8 Å². The van der Waals surface area contributed by atoms with E-state index in [0.717, 1.165) is 0 Å². The quantitative estimate of drug-likeness (QED) is 0.636. The molecule has 8 heteroatoms. The fourth-order valence-electron chi connectivity index (χ4n) is 2.17. The van der Waals surface area contributed by atoms with E-state index in [1.807, 2.05) is 0 Å². The number of aromatic nitrogens is 2. The zero-order valence-corrected chi connectivity index (χ0v) is 10.9. The minimum Gasteiger partial charge on any atom is -0.481 e. The minimum absolute atomic E-state index is 0.0558. The lowest BCUT2D eigenvalue weighted by atomic mass is 10.1. The van der Waals surface area contributed by atoms with Crippen molar-refractivity contribution in [2.75, 3.05) is 11.9 Å². The summed E-state index contributed by atoms with van der Waals surface area (Å²) in [6.07, 6.45) is 2.59. The molecule has 1 saturated carbocycles. The van der Waals surface area contributed by atoms with Crippen LogP contribution in [-0.2, 0) is 4.79 Å². The molecule has 0 atom stereocenters. The van der Waals surface area contributed by atoms with Gasteiger partial charge in [-0.1, -0.05) is 0 Å². The van der Waals surface area contributed by atoms with Gasteiger partial charge in [-0.2, -0.15) is 0 Å².